The van der Waals surface area contributed by atoms with E-state index in [9.17, 15) is 4.79 Å². The Morgan fingerprint density at radius 1 is 1.41 bits per heavy atom. The monoisotopic (exact) mass is 241 g/mol. The Balaban J connectivity index is 2.46. The van der Waals surface area contributed by atoms with Crippen molar-refractivity contribution in [3.8, 4) is 0 Å². The van der Waals surface area contributed by atoms with Crippen molar-refractivity contribution in [3.63, 3.8) is 0 Å². The number of hydrogen-bond donors (Lipinski definition) is 0. The van der Waals surface area contributed by atoms with Gasteiger partial charge in [-0.1, -0.05) is 13.8 Å². The van der Waals surface area contributed by atoms with Crippen LogP contribution in [0, 0.1) is 11.8 Å². The fourth-order valence-corrected chi connectivity index (χ4v) is 2.10. The van der Waals surface area contributed by atoms with Gasteiger partial charge in [0.05, 0.1) is 13.2 Å². The highest BCUT2D eigenvalue weighted by molar-refractivity contribution is 5.82. The molecule has 0 aromatic heterocycles. The number of Topliss-reactive ketones (excluding diaryl/α,β-unsaturated/α-hetero) is 1. The summed E-state index contributed by atoms with van der Waals surface area (Å²) in [5.74, 6) is 1.36. The van der Waals surface area contributed by atoms with Gasteiger partial charge in [0.15, 0.2) is 0 Å². The Morgan fingerprint density at radius 2 is 2.06 bits per heavy atom. The molecule has 0 aromatic rings. The van der Waals surface area contributed by atoms with E-state index < -0.39 is 0 Å². The first-order valence-electron chi connectivity index (χ1n) is 6.85. The lowest BCUT2D eigenvalue weighted by Crippen LogP contribution is -2.41. The molecule has 1 aliphatic rings. The molecule has 1 rings (SSSR count). The topological polar surface area (TPSA) is 29.5 Å². The molecule has 0 aliphatic heterocycles. The van der Waals surface area contributed by atoms with Crippen LogP contribution in [0.15, 0.2) is 0 Å². The fourth-order valence-electron chi connectivity index (χ4n) is 2.10. The second kappa shape index (κ2) is 7.12. The van der Waals surface area contributed by atoms with E-state index in [4.69, 9.17) is 4.74 Å². The van der Waals surface area contributed by atoms with E-state index in [2.05, 4.69) is 18.7 Å². The van der Waals surface area contributed by atoms with Crippen molar-refractivity contribution in [2.24, 2.45) is 11.8 Å². The van der Waals surface area contributed by atoms with Crippen molar-refractivity contribution in [2.75, 3.05) is 26.8 Å². The number of carbonyl (C=O) groups excluding carboxylic acids is 1. The summed E-state index contributed by atoms with van der Waals surface area (Å²) in [7, 11) is 1.72. The molecule has 1 fully saturated rings. The zero-order valence-corrected chi connectivity index (χ0v) is 11.7. The molecule has 0 saturated heterocycles. The summed E-state index contributed by atoms with van der Waals surface area (Å²) in [5.41, 5.74) is 0. The maximum absolute atomic E-state index is 12.0. The molecule has 0 bridgehead atoms. The average molecular weight is 241 g/mol. The average Bonchev–Trinajstić information content (AvgIpc) is 3.16. The van der Waals surface area contributed by atoms with Gasteiger partial charge in [0.1, 0.15) is 5.78 Å². The maximum Gasteiger partial charge on any atom is 0.149 e. The van der Waals surface area contributed by atoms with Crippen LogP contribution < -0.4 is 0 Å². The van der Waals surface area contributed by atoms with Crippen LogP contribution in [0.1, 0.15) is 40.0 Å². The van der Waals surface area contributed by atoms with Crippen LogP contribution in [0.4, 0.5) is 0 Å². The second-order valence-electron chi connectivity index (χ2n) is 5.32. The minimum atomic E-state index is 0.187. The van der Waals surface area contributed by atoms with Gasteiger partial charge in [-0.2, -0.15) is 0 Å². The van der Waals surface area contributed by atoms with Crippen molar-refractivity contribution < 1.29 is 9.53 Å². The van der Waals surface area contributed by atoms with Crippen LogP contribution in [0.3, 0.4) is 0 Å². The van der Waals surface area contributed by atoms with Crippen LogP contribution in [-0.2, 0) is 9.53 Å². The molecule has 3 heteroatoms. The Morgan fingerprint density at radius 3 is 2.53 bits per heavy atom. The third kappa shape index (κ3) is 4.76. The molecular formula is C14H27NO2. The molecule has 0 radical (unpaired) electrons. The number of carbonyl (C=O) groups is 1. The summed E-state index contributed by atoms with van der Waals surface area (Å²) in [6, 6.07) is 0.526. The first-order chi connectivity index (χ1) is 8.10. The minimum Gasteiger partial charge on any atom is -0.383 e. The summed E-state index contributed by atoms with van der Waals surface area (Å²) in [6.45, 7) is 8.53. The van der Waals surface area contributed by atoms with E-state index in [1.807, 2.05) is 6.92 Å². The number of hydrogen-bond acceptors (Lipinski definition) is 3. The molecule has 0 spiro atoms. The van der Waals surface area contributed by atoms with Crippen LogP contribution in [0.5, 0.6) is 0 Å². The molecule has 1 saturated carbocycles. The summed E-state index contributed by atoms with van der Waals surface area (Å²) < 4.78 is 5.14. The van der Waals surface area contributed by atoms with Crippen LogP contribution in [0.25, 0.3) is 0 Å². The Bertz CT molecular complexity index is 238. The summed E-state index contributed by atoms with van der Waals surface area (Å²) in [5, 5.41) is 0. The SMILES string of the molecule is CCC(C)C(=O)CN(CCOC)C(C)C1CC1. The van der Waals surface area contributed by atoms with Gasteiger partial charge in [-0.05, 0) is 32.1 Å². The first-order valence-corrected chi connectivity index (χ1v) is 6.85. The van der Waals surface area contributed by atoms with Gasteiger partial charge in [0, 0.05) is 25.6 Å². The Hall–Kier alpha value is -0.410. The summed E-state index contributed by atoms with van der Waals surface area (Å²) in [4.78, 5) is 14.3. The standard InChI is InChI=1S/C14H27NO2/c1-5-11(2)14(16)10-15(8-9-17-4)12(3)13-6-7-13/h11-13H,5-10H2,1-4H3. The van der Waals surface area contributed by atoms with Crippen molar-refractivity contribution >= 4 is 5.78 Å². The van der Waals surface area contributed by atoms with Crippen molar-refractivity contribution in [2.45, 2.75) is 46.1 Å². The molecule has 17 heavy (non-hydrogen) atoms. The Labute approximate surface area is 106 Å². The number of methoxy groups -OCH3 is 1. The van der Waals surface area contributed by atoms with Gasteiger partial charge in [-0.3, -0.25) is 9.69 Å². The maximum atomic E-state index is 12.0. The van der Waals surface area contributed by atoms with Crippen molar-refractivity contribution in [1.82, 2.24) is 4.90 Å². The summed E-state index contributed by atoms with van der Waals surface area (Å²) in [6.07, 6.45) is 3.58. The molecule has 100 valence electrons. The van der Waals surface area contributed by atoms with E-state index >= 15 is 0 Å². The van der Waals surface area contributed by atoms with Gasteiger partial charge in [-0.15, -0.1) is 0 Å². The van der Waals surface area contributed by atoms with Crippen LogP contribution >= 0.6 is 0 Å². The fraction of sp³-hybridized carbons (Fsp3) is 0.929. The Kier molecular flexibility index (Phi) is 6.14. The minimum absolute atomic E-state index is 0.187. The van der Waals surface area contributed by atoms with Gasteiger partial charge >= 0.3 is 0 Å². The second-order valence-corrected chi connectivity index (χ2v) is 5.32. The van der Waals surface area contributed by atoms with Crippen molar-refractivity contribution in [3.05, 3.63) is 0 Å². The van der Waals surface area contributed by atoms with Gasteiger partial charge in [0.2, 0.25) is 0 Å². The lowest BCUT2D eigenvalue weighted by molar-refractivity contribution is -0.124. The lowest BCUT2D eigenvalue weighted by Gasteiger charge is -2.29. The van der Waals surface area contributed by atoms with E-state index in [0.29, 0.717) is 25.0 Å². The molecule has 2 unspecified atom stereocenters. The number of ketones is 1. The van der Waals surface area contributed by atoms with E-state index in [1.54, 1.807) is 7.11 Å². The number of nitrogens with zero attached hydrogens (tertiary/aromatic N) is 1. The molecular weight excluding hydrogens is 214 g/mol. The highest BCUT2D eigenvalue weighted by Gasteiger charge is 2.32. The highest BCUT2D eigenvalue weighted by Crippen LogP contribution is 2.35. The zero-order chi connectivity index (χ0) is 12.8. The van der Waals surface area contributed by atoms with E-state index in [-0.39, 0.29) is 5.92 Å². The third-order valence-electron chi connectivity index (χ3n) is 3.98. The predicted molar refractivity (Wildman–Crippen MR) is 70.1 cm³/mol. The highest BCUT2D eigenvalue weighted by atomic mass is 16.5. The molecule has 0 aromatic carbocycles. The first kappa shape index (κ1) is 14.7. The number of ether oxygens (including phenoxy) is 1. The third-order valence-corrected chi connectivity index (χ3v) is 3.98. The quantitative estimate of drug-likeness (QED) is 0.620. The summed E-state index contributed by atoms with van der Waals surface area (Å²) >= 11 is 0. The molecule has 0 amide bonds. The van der Waals surface area contributed by atoms with Gasteiger partial charge < -0.3 is 4.74 Å². The normalized spacial score (nSPS) is 19.4. The zero-order valence-electron chi connectivity index (χ0n) is 11.7. The molecule has 2 atom stereocenters. The smallest absolute Gasteiger partial charge is 0.149 e. The molecule has 0 heterocycles. The number of rotatable bonds is 9. The van der Waals surface area contributed by atoms with Crippen LogP contribution in [0.2, 0.25) is 0 Å². The predicted octanol–water partition coefficient (Wildman–Crippen LogP) is 2.35. The largest absolute Gasteiger partial charge is 0.383 e. The van der Waals surface area contributed by atoms with Gasteiger partial charge in [-0.25, -0.2) is 0 Å². The lowest BCUT2D eigenvalue weighted by atomic mass is 10.0. The van der Waals surface area contributed by atoms with Crippen molar-refractivity contribution in [1.29, 1.82) is 0 Å². The molecule has 0 N–H and O–H groups in total. The van der Waals surface area contributed by atoms with E-state index in [1.165, 1.54) is 12.8 Å². The molecule has 1 aliphatic carbocycles. The van der Waals surface area contributed by atoms with Gasteiger partial charge in [0.25, 0.3) is 0 Å². The van der Waals surface area contributed by atoms with Crippen LogP contribution in [-0.4, -0.2) is 43.5 Å². The van der Waals surface area contributed by atoms with E-state index in [0.717, 1.165) is 18.9 Å². The molecule has 3 nitrogen and oxygen atoms in total.